The molecule has 0 fully saturated rings. The summed E-state index contributed by atoms with van der Waals surface area (Å²) in [6.45, 7) is 2.02. The van der Waals surface area contributed by atoms with Crippen LogP contribution in [0.15, 0.2) is 24.3 Å². The van der Waals surface area contributed by atoms with Crippen molar-refractivity contribution in [1.29, 1.82) is 0 Å². The Balaban J connectivity index is 2.10. The van der Waals surface area contributed by atoms with E-state index in [1.54, 1.807) is 24.3 Å². The maximum absolute atomic E-state index is 11.8. The third-order valence-electron chi connectivity index (χ3n) is 3.00. The lowest BCUT2D eigenvalue weighted by molar-refractivity contribution is 0.0952. The fraction of sp³-hybridized carbons (Fsp3) is 0.467. The number of amides is 1. The molecule has 1 rings (SSSR count). The summed E-state index contributed by atoms with van der Waals surface area (Å²) in [4.78, 5) is 31.3. The molecule has 22 heavy (non-hydrogen) atoms. The number of unbranched alkanes of at least 4 members (excludes halogenated alkanes) is 3. The lowest BCUT2D eigenvalue weighted by atomic mass is 10.1. The summed E-state index contributed by atoms with van der Waals surface area (Å²) in [5.74, 6) is -0.159. The molecule has 0 aliphatic heterocycles. The summed E-state index contributed by atoms with van der Waals surface area (Å²) in [6.07, 6.45) is 4.08. The van der Waals surface area contributed by atoms with Gasteiger partial charge in [-0.05, 0) is 25.0 Å². The number of nitrogens with one attached hydrogen (secondary N) is 1. The van der Waals surface area contributed by atoms with E-state index in [0.29, 0.717) is 17.7 Å². The fourth-order valence-corrected chi connectivity index (χ4v) is 2.30. The Hall–Kier alpha value is -1.49. The van der Waals surface area contributed by atoms with Crippen molar-refractivity contribution in [2.45, 2.75) is 25.7 Å². The van der Waals surface area contributed by atoms with E-state index in [4.69, 9.17) is 9.42 Å². The highest BCUT2D eigenvalue weighted by Crippen LogP contribution is 2.36. The van der Waals surface area contributed by atoms with Gasteiger partial charge >= 0.3 is 7.60 Å². The van der Waals surface area contributed by atoms with Crippen LogP contribution in [-0.2, 0) is 9.09 Å². The number of hydrogen-bond donors (Lipinski definition) is 2. The summed E-state index contributed by atoms with van der Waals surface area (Å²) in [5, 5.41) is 2.81. The number of aldehydes is 1. The highest BCUT2D eigenvalue weighted by molar-refractivity contribution is 7.51. The van der Waals surface area contributed by atoms with Gasteiger partial charge < -0.3 is 14.7 Å². The zero-order valence-corrected chi connectivity index (χ0v) is 13.6. The van der Waals surface area contributed by atoms with Crippen LogP contribution in [0, 0.1) is 0 Å². The normalized spacial score (nSPS) is 13.4. The van der Waals surface area contributed by atoms with Crippen LogP contribution >= 0.6 is 7.60 Å². The molecule has 1 aromatic rings. The van der Waals surface area contributed by atoms with E-state index in [-0.39, 0.29) is 12.5 Å². The monoisotopic (exact) mass is 327 g/mol. The quantitative estimate of drug-likeness (QED) is 0.391. The minimum atomic E-state index is -3.36. The van der Waals surface area contributed by atoms with Crippen molar-refractivity contribution in [3.63, 3.8) is 0 Å². The first kappa shape index (κ1) is 18.6. The molecule has 1 amide bonds. The lowest BCUT2D eigenvalue weighted by Gasteiger charge is -2.07. The molecule has 6 nitrogen and oxygen atoms in total. The van der Waals surface area contributed by atoms with E-state index in [2.05, 4.69) is 5.32 Å². The maximum Gasteiger partial charge on any atom is 0.325 e. The van der Waals surface area contributed by atoms with E-state index in [0.717, 1.165) is 32.0 Å². The van der Waals surface area contributed by atoms with Crippen molar-refractivity contribution in [3.05, 3.63) is 35.4 Å². The van der Waals surface area contributed by atoms with Gasteiger partial charge in [0.15, 0.2) is 0 Å². The van der Waals surface area contributed by atoms with Crippen LogP contribution in [0.2, 0.25) is 0 Å². The number of carbonyl (C=O) groups excluding carboxylic acids is 2. The topological polar surface area (TPSA) is 92.7 Å². The van der Waals surface area contributed by atoms with E-state index < -0.39 is 7.60 Å². The van der Waals surface area contributed by atoms with Gasteiger partial charge in [0.05, 0.1) is 6.61 Å². The van der Waals surface area contributed by atoms with Crippen molar-refractivity contribution in [2.24, 2.45) is 0 Å². The highest BCUT2D eigenvalue weighted by atomic mass is 31.2. The Morgan fingerprint density at radius 3 is 2.45 bits per heavy atom. The molecular formula is C15H22NO5P. The largest absolute Gasteiger partial charge is 0.352 e. The first-order valence-corrected chi connectivity index (χ1v) is 9.23. The molecule has 0 saturated carbocycles. The molecule has 0 aromatic heterocycles. The van der Waals surface area contributed by atoms with Gasteiger partial charge in [-0.2, -0.15) is 0 Å². The second-order valence-electron chi connectivity index (χ2n) is 5.05. The highest BCUT2D eigenvalue weighted by Gasteiger charge is 2.08. The Morgan fingerprint density at radius 1 is 1.23 bits per heavy atom. The minimum Gasteiger partial charge on any atom is -0.352 e. The van der Waals surface area contributed by atoms with Crippen molar-refractivity contribution in [2.75, 3.05) is 19.8 Å². The third-order valence-corrected chi connectivity index (χ3v) is 3.66. The van der Waals surface area contributed by atoms with Gasteiger partial charge in [-0.1, -0.05) is 25.0 Å². The van der Waals surface area contributed by atoms with E-state index in [1.807, 2.05) is 0 Å². The van der Waals surface area contributed by atoms with Gasteiger partial charge in [0, 0.05) is 24.3 Å². The predicted octanol–water partition coefficient (Wildman–Crippen LogP) is 2.62. The Kier molecular flexibility index (Phi) is 8.02. The molecular weight excluding hydrogens is 305 g/mol. The second kappa shape index (κ2) is 9.51. The molecule has 0 radical (unpaired) electrons. The van der Waals surface area contributed by atoms with Crippen molar-refractivity contribution in [3.8, 4) is 0 Å². The number of rotatable bonds is 10. The summed E-state index contributed by atoms with van der Waals surface area (Å²) < 4.78 is 15.6. The second-order valence-corrected chi connectivity index (χ2v) is 6.91. The average molecular weight is 327 g/mol. The van der Waals surface area contributed by atoms with Gasteiger partial charge in [0.25, 0.3) is 5.91 Å². The molecule has 0 heterocycles. The van der Waals surface area contributed by atoms with Crippen LogP contribution in [-0.4, -0.2) is 36.9 Å². The lowest BCUT2D eigenvalue weighted by Crippen LogP contribution is -2.24. The van der Waals surface area contributed by atoms with Gasteiger partial charge in [-0.15, -0.1) is 0 Å². The SMILES string of the molecule is CP(=O)(O)OCCCCCCNC(=O)c1ccc(C=O)cc1. The molecule has 1 aromatic carbocycles. The molecule has 2 N–H and O–H groups in total. The molecule has 0 saturated heterocycles. The van der Waals surface area contributed by atoms with Gasteiger partial charge in [-0.3, -0.25) is 14.2 Å². The first-order valence-electron chi connectivity index (χ1n) is 7.20. The Morgan fingerprint density at radius 2 is 1.86 bits per heavy atom. The van der Waals surface area contributed by atoms with E-state index in [9.17, 15) is 14.2 Å². The molecule has 0 aliphatic carbocycles. The zero-order valence-electron chi connectivity index (χ0n) is 12.7. The Labute approximate surface area is 130 Å². The zero-order chi connectivity index (χ0) is 16.4. The van der Waals surface area contributed by atoms with Crippen LogP contribution in [0.4, 0.5) is 0 Å². The van der Waals surface area contributed by atoms with Crippen molar-refractivity contribution in [1.82, 2.24) is 5.32 Å². The molecule has 1 unspecified atom stereocenters. The molecule has 0 aliphatic rings. The number of benzene rings is 1. The minimum absolute atomic E-state index is 0.159. The number of carbonyl (C=O) groups is 2. The number of hydrogen-bond acceptors (Lipinski definition) is 4. The van der Waals surface area contributed by atoms with Crippen LogP contribution in [0.25, 0.3) is 0 Å². The molecule has 1 atom stereocenters. The van der Waals surface area contributed by atoms with Gasteiger partial charge in [0.1, 0.15) is 6.29 Å². The molecule has 7 heteroatoms. The summed E-state index contributed by atoms with van der Waals surface area (Å²) in [6, 6.07) is 6.45. The summed E-state index contributed by atoms with van der Waals surface area (Å²) in [5.41, 5.74) is 1.07. The molecule has 0 spiro atoms. The maximum atomic E-state index is 11.8. The van der Waals surface area contributed by atoms with Crippen LogP contribution in [0.3, 0.4) is 0 Å². The first-order chi connectivity index (χ1) is 10.4. The third kappa shape index (κ3) is 8.08. The Bertz CT molecular complexity index is 523. The van der Waals surface area contributed by atoms with Crippen LogP contribution < -0.4 is 5.32 Å². The molecule has 122 valence electrons. The average Bonchev–Trinajstić information content (AvgIpc) is 2.48. The van der Waals surface area contributed by atoms with Gasteiger partial charge in [0.2, 0.25) is 0 Å². The van der Waals surface area contributed by atoms with Gasteiger partial charge in [-0.25, -0.2) is 0 Å². The summed E-state index contributed by atoms with van der Waals surface area (Å²) >= 11 is 0. The van der Waals surface area contributed by atoms with E-state index >= 15 is 0 Å². The van der Waals surface area contributed by atoms with Crippen molar-refractivity contribution >= 4 is 19.8 Å². The van der Waals surface area contributed by atoms with E-state index in [1.165, 1.54) is 6.66 Å². The van der Waals surface area contributed by atoms with Crippen LogP contribution in [0.1, 0.15) is 46.4 Å². The van der Waals surface area contributed by atoms with Crippen LogP contribution in [0.5, 0.6) is 0 Å². The fourth-order valence-electron chi connectivity index (χ4n) is 1.83. The molecule has 0 bridgehead atoms. The smallest absolute Gasteiger partial charge is 0.325 e. The standard InChI is InChI=1S/C15H22NO5P/c1-22(19,20)21-11-5-3-2-4-10-16-15(18)14-8-6-13(12-17)7-9-14/h6-9,12H,2-5,10-11H2,1H3,(H,16,18)(H,19,20). The predicted molar refractivity (Wildman–Crippen MR) is 84.3 cm³/mol. The summed E-state index contributed by atoms with van der Waals surface area (Å²) in [7, 11) is -3.36. The van der Waals surface area contributed by atoms with Crippen molar-refractivity contribution < 1.29 is 23.6 Å².